The second-order valence-corrected chi connectivity index (χ2v) is 12.1. The smallest absolute Gasteiger partial charge is 0.310 e. The zero-order valence-corrected chi connectivity index (χ0v) is 21.5. The Hall–Kier alpha value is -1.58. The lowest BCUT2D eigenvalue weighted by atomic mass is 9.71. The molecule has 3 aliphatic rings. The molecule has 33 heavy (non-hydrogen) atoms. The molecule has 2 bridgehead atoms. The van der Waals surface area contributed by atoms with Gasteiger partial charge in [-0.25, -0.2) is 0 Å². The van der Waals surface area contributed by atoms with E-state index >= 15 is 0 Å². The van der Waals surface area contributed by atoms with Gasteiger partial charge in [0, 0.05) is 16.1 Å². The van der Waals surface area contributed by atoms with Crippen molar-refractivity contribution in [2.45, 2.75) is 66.6 Å². The molecule has 3 unspecified atom stereocenters. The number of amides is 2. The van der Waals surface area contributed by atoms with Gasteiger partial charge in [0.15, 0.2) is 0 Å². The van der Waals surface area contributed by atoms with Crippen LogP contribution in [0.25, 0.3) is 0 Å². The summed E-state index contributed by atoms with van der Waals surface area (Å²) >= 11 is 5.29. The van der Waals surface area contributed by atoms with Crippen molar-refractivity contribution in [1.82, 2.24) is 10.2 Å². The minimum atomic E-state index is -0.771. The maximum atomic E-state index is 14.0. The second-order valence-electron chi connectivity index (χ2n) is 9.35. The first-order chi connectivity index (χ1) is 15.7. The molecule has 3 saturated heterocycles. The minimum Gasteiger partial charge on any atom is -0.466 e. The van der Waals surface area contributed by atoms with Crippen LogP contribution in [0.2, 0.25) is 0 Å². The fraction of sp³-hybridized carbons (Fsp3) is 0.625. The zero-order chi connectivity index (χ0) is 23.9. The number of aliphatic hydroxyl groups is 1. The van der Waals surface area contributed by atoms with Crippen LogP contribution in [-0.4, -0.2) is 74.0 Å². The first-order valence-corrected chi connectivity index (χ1v) is 13.3. The van der Waals surface area contributed by atoms with Crippen LogP contribution < -0.4 is 5.32 Å². The summed E-state index contributed by atoms with van der Waals surface area (Å²) in [6.07, 6.45) is 1.03. The average Bonchev–Trinajstić information content (AvgIpc) is 3.36. The van der Waals surface area contributed by atoms with Crippen LogP contribution in [-0.2, 0) is 25.5 Å². The number of hydrogen-bond donors (Lipinski definition) is 2. The van der Waals surface area contributed by atoms with E-state index in [1.165, 1.54) is 0 Å². The molecule has 3 fully saturated rings. The van der Waals surface area contributed by atoms with Gasteiger partial charge in [-0.15, -0.1) is 11.8 Å². The quantitative estimate of drug-likeness (QED) is 0.389. The third kappa shape index (κ3) is 4.10. The molecule has 2 amide bonds. The number of carbonyl (C=O) groups is 3. The van der Waals surface area contributed by atoms with E-state index in [2.05, 4.69) is 21.2 Å². The molecule has 0 radical (unpaired) electrons. The molecule has 3 aliphatic heterocycles. The molecule has 0 aromatic heterocycles. The van der Waals surface area contributed by atoms with Gasteiger partial charge < -0.3 is 20.1 Å². The van der Waals surface area contributed by atoms with Gasteiger partial charge >= 0.3 is 5.97 Å². The van der Waals surface area contributed by atoms with Crippen LogP contribution in [0.3, 0.4) is 0 Å². The molecule has 1 aromatic rings. The Morgan fingerprint density at radius 1 is 1.33 bits per heavy atom. The second kappa shape index (κ2) is 9.58. The lowest BCUT2D eigenvalue weighted by molar-refractivity contribution is -0.154. The van der Waals surface area contributed by atoms with Crippen LogP contribution in [0.5, 0.6) is 0 Å². The van der Waals surface area contributed by atoms with E-state index in [4.69, 9.17) is 4.74 Å². The molecular formula is C24H31BrN2O5S. The summed E-state index contributed by atoms with van der Waals surface area (Å²) in [5.74, 6) is -2.11. The first-order valence-electron chi connectivity index (χ1n) is 11.5. The number of aliphatic hydroxyl groups excluding tert-OH is 1. The molecule has 7 atom stereocenters. The summed E-state index contributed by atoms with van der Waals surface area (Å²) in [5.41, 5.74) is 0.971. The third-order valence-electron chi connectivity index (χ3n) is 6.88. The molecule has 1 spiro atoms. The van der Waals surface area contributed by atoms with Gasteiger partial charge in [0.05, 0.1) is 35.8 Å². The Balaban J connectivity index is 1.76. The predicted octanol–water partition coefficient (Wildman–Crippen LogP) is 2.14. The minimum absolute atomic E-state index is 0.00282. The van der Waals surface area contributed by atoms with Crippen LogP contribution in [0.1, 0.15) is 32.8 Å². The van der Waals surface area contributed by atoms with Crippen LogP contribution in [0, 0.1) is 11.8 Å². The number of carbonyl (C=O) groups excluding carboxylic acids is 3. The first kappa shape index (κ1) is 24.5. The molecule has 4 rings (SSSR count). The van der Waals surface area contributed by atoms with E-state index in [0.717, 1.165) is 5.56 Å². The lowest BCUT2D eigenvalue weighted by Crippen LogP contribution is -2.58. The number of thioether (sulfide) groups is 1. The van der Waals surface area contributed by atoms with Gasteiger partial charge in [0.2, 0.25) is 11.8 Å². The number of ether oxygens (including phenoxy) is 1. The van der Waals surface area contributed by atoms with E-state index in [0.29, 0.717) is 12.8 Å². The molecule has 2 N–H and O–H groups in total. The number of fused-ring (bicyclic) bond motifs is 1. The van der Waals surface area contributed by atoms with Crippen LogP contribution >= 0.6 is 27.7 Å². The molecule has 1 aromatic carbocycles. The Bertz CT molecular complexity index is 915. The molecule has 0 aliphatic carbocycles. The average molecular weight is 539 g/mol. The number of rotatable bonds is 8. The maximum absolute atomic E-state index is 14.0. The number of nitrogens with one attached hydrogen (secondary N) is 1. The third-order valence-corrected chi connectivity index (χ3v) is 10.1. The largest absolute Gasteiger partial charge is 0.466 e. The Labute approximate surface area is 207 Å². The monoisotopic (exact) mass is 538 g/mol. The molecule has 9 heteroatoms. The van der Waals surface area contributed by atoms with Crippen LogP contribution in [0.15, 0.2) is 30.3 Å². The molecular weight excluding hydrogens is 508 g/mol. The van der Waals surface area contributed by atoms with Crippen molar-refractivity contribution in [2.75, 3.05) is 13.2 Å². The summed E-state index contributed by atoms with van der Waals surface area (Å²) < 4.78 is 4.62. The SMILES string of the molecule is CCOC(=O)[C@H]1[C@@H]2SC3(CC2Br)C(C(=O)NC(C)C)N([C@@H](CO)Cc2ccccc2)C(=O)[C@H]13. The summed E-state index contributed by atoms with van der Waals surface area (Å²) in [6.45, 7) is 5.49. The molecule has 7 nitrogen and oxygen atoms in total. The van der Waals surface area contributed by atoms with Crippen molar-refractivity contribution in [1.29, 1.82) is 0 Å². The van der Waals surface area contributed by atoms with Gasteiger partial charge in [-0.05, 0) is 39.2 Å². The predicted molar refractivity (Wildman–Crippen MR) is 130 cm³/mol. The van der Waals surface area contributed by atoms with Crippen molar-refractivity contribution in [2.24, 2.45) is 11.8 Å². The Morgan fingerprint density at radius 2 is 2.03 bits per heavy atom. The van der Waals surface area contributed by atoms with E-state index in [-0.39, 0.29) is 47.1 Å². The number of esters is 1. The Kier molecular flexibility index (Phi) is 7.13. The highest BCUT2D eigenvalue weighted by Crippen LogP contribution is 2.68. The molecule has 3 heterocycles. The summed E-state index contributed by atoms with van der Waals surface area (Å²) in [4.78, 5) is 42.1. The normalized spacial score (nSPS) is 33.3. The Morgan fingerprint density at radius 3 is 2.64 bits per heavy atom. The van der Waals surface area contributed by atoms with Gasteiger partial charge in [-0.2, -0.15) is 0 Å². The number of hydrogen-bond acceptors (Lipinski definition) is 6. The number of nitrogens with zero attached hydrogens (tertiary/aromatic N) is 1. The number of likely N-dealkylation sites (tertiary alicyclic amines) is 1. The van der Waals surface area contributed by atoms with Crippen LogP contribution in [0.4, 0.5) is 0 Å². The van der Waals surface area contributed by atoms with E-state index < -0.39 is 28.7 Å². The van der Waals surface area contributed by atoms with Gasteiger partial charge in [0.25, 0.3) is 0 Å². The summed E-state index contributed by atoms with van der Waals surface area (Å²) in [6, 6.07) is 8.19. The number of benzene rings is 1. The van der Waals surface area contributed by atoms with E-state index in [1.807, 2.05) is 44.2 Å². The number of halogens is 1. The zero-order valence-electron chi connectivity index (χ0n) is 19.1. The van der Waals surface area contributed by atoms with Gasteiger partial charge in [-0.1, -0.05) is 46.3 Å². The van der Waals surface area contributed by atoms with Crippen molar-refractivity contribution in [3.05, 3.63) is 35.9 Å². The maximum Gasteiger partial charge on any atom is 0.310 e. The number of alkyl halides is 1. The van der Waals surface area contributed by atoms with Crippen molar-refractivity contribution in [3.63, 3.8) is 0 Å². The lowest BCUT2D eigenvalue weighted by Gasteiger charge is -2.37. The van der Waals surface area contributed by atoms with E-state index in [1.54, 1.807) is 23.6 Å². The fourth-order valence-electron chi connectivity index (χ4n) is 5.77. The van der Waals surface area contributed by atoms with Crippen molar-refractivity contribution in [3.8, 4) is 0 Å². The topological polar surface area (TPSA) is 95.9 Å². The summed E-state index contributed by atoms with van der Waals surface area (Å²) in [7, 11) is 0. The highest BCUT2D eigenvalue weighted by atomic mass is 79.9. The standard InChI is InChI=1S/C24H31BrN2O5S/c1-4-32-23(31)17-18-22(30)27(15(12-28)10-14-8-6-5-7-9-14)20(21(29)26-13(2)3)24(18)11-16(25)19(17)33-24/h5-9,13,15-20,28H,4,10-12H2,1-3H3,(H,26,29)/t15-,16?,17-,18+,19-,20?,24?/m1/s1. The molecule has 180 valence electrons. The van der Waals surface area contributed by atoms with Crippen molar-refractivity contribution >= 4 is 45.5 Å². The van der Waals surface area contributed by atoms with E-state index in [9.17, 15) is 19.5 Å². The molecule has 0 saturated carbocycles. The highest BCUT2D eigenvalue weighted by Gasteiger charge is 2.76. The fourth-order valence-corrected chi connectivity index (χ4v) is 9.36. The van der Waals surface area contributed by atoms with Gasteiger partial charge in [0.1, 0.15) is 6.04 Å². The summed E-state index contributed by atoms with van der Waals surface area (Å²) in [5, 5.41) is 13.2. The van der Waals surface area contributed by atoms with Gasteiger partial charge in [-0.3, -0.25) is 14.4 Å². The van der Waals surface area contributed by atoms with Crippen molar-refractivity contribution < 1.29 is 24.2 Å². The highest BCUT2D eigenvalue weighted by molar-refractivity contribution is 9.09.